The maximum Gasteiger partial charge on any atom is 0.227 e. The van der Waals surface area contributed by atoms with Crippen LogP contribution in [0.15, 0.2) is 36.4 Å². The van der Waals surface area contributed by atoms with Crippen molar-refractivity contribution in [3.63, 3.8) is 0 Å². The van der Waals surface area contributed by atoms with Crippen LogP contribution >= 0.6 is 23.2 Å². The monoisotopic (exact) mass is 568 g/mol. The smallest absolute Gasteiger partial charge is 0.227 e. The number of benzene rings is 2. The first-order valence-corrected chi connectivity index (χ1v) is 15.5. The molecule has 7 heteroatoms. The molecule has 208 valence electrons. The molecule has 2 aromatic rings. The van der Waals surface area contributed by atoms with E-state index in [4.69, 9.17) is 27.9 Å². The number of hydrogen-bond donors (Lipinski definition) is 1. The van der Waals surface area contributed by atoms with Crippen LogP contribution in [0.5, 0.6) is 5.75 Å². The normalized spacial score (nSPS) is 34.0. The van der Waals surface area contributed by atoms with E-state index in [1.54, 1.807) is 6.07 Å². The molecule has 1 N–H and O–H groups in total. The number of halogens is 2. The maximum atomic E-state index is 14.0. The molecule has 2 heterocycles. The molecular formula is C32H38Cl2N2O3. The van der Waals surface area contributed by atoms with Crippen molar-refractivity contribution in [3.05, 3.63) is 63.1 Å². The number of piperidine rings is 1. The highest BCUT2D eigenvalue weighted by Crippen LogP contribution is 2.63. The summed E-state index contributed by atoms with van der Waals surface area (Å²) in [5, 5.41) is 11.1. The number of rotatable bonds is 7. The van der Waals surface area contributed by atoms with Crippen molar-refractivity contribution in [1.29, 1.82) is 0 Å². The summed E-state index contributed by atoms with van der Waals surface area (Å²) in [6, 6.07) is 12.6. The third-order valence-corrected chi connectivity index (χ3v) is 11.0. The molecule has 5 nitrogen and oxygen atoms in total. The highest BCUT2D eigenvalue weighted by molar-refractivity contribution is 6.42. The Morgan fingerprint density at radius 1 is 1.21 bits per heavy atom. The van der Waals surface area contributed by atoms with Crippen LogP contribution in [0.2, 0.25) is 10.0 Å². The van der Waals surface area contributed by atoms with Gasteiger partial charge in [-0.3, -0.25) is 9.69 Å². The summed E-state index contributed by atoms with van der Waals surface area (Å²) in [6.45, 7) is 7.13. The second-order valence-corrected chi connectivity index (χ2v) is 13.9. The Balaban J connectivity index is 1.23. The molecule has 1 amide bonds. The molecule has 2 bridgehead atoms. The van der Waals surface area contributed by atoms with Crippen LogP contribution in [0.1, 0.15) is 56.2 Å². The summed E-state index contributed by atoms with van der Waals surface area (Å²) >= 11 is 12.4. The minimum Gasteiger partial charge on any atom is -0.487 e. The minimum atomic E-state index is -0.118. The van der Waals surface area contributed by atoms with E-state index in [1.165, 1.54) is 11.1 Å². The molecule has 0 aromatic heterocycles. The van der Waals surface area contributed by atoms with Gasteiger partial charge in [0, 0.05) is 36.0 Å². The lowest BCUT2D eigenvalue weighted by atomic mass is 9.51. The largest absolute Gasteiger partial charge is 0.487 e. The molecule has 1 spiro atoms. The van der Waals surface area contributed by atoms with Gasteiger partial charge in [-0.25, -0.2) is 0 Å². The third-order valence-electron chi connectivity index (χ3n) is 10.3. The SMILES string of the molecule is CC(C)CN(C(=O)Cc1ccc(Cl)c(Cl)c1)[C@H]1CC[C@H]2[C@H]3Cc4cccc5c4[C@@]2(CCN3CC2CC2O)[C@H]1O5. The molecule has 39 heavy (non-hydrogen) atoms. The van der Waals surface area contributed by atoms with Crippen molar-refractivity contribution in [2.24, 2.45) is 17.8 Å². The number of likely N-dealkylation sites (tertiary alicyclic amines) is 1. The number of nitrogens with zero attached hydrogens (tertiary/aromatic N) is 2. The van der Waals surface area contributed by atoms with E-state index in [0.29, 0.717) is 46.8 Å². The zero-order valence-corrected chi connectivity index (χ0v) is 24.3. The summed E-state index contributed by atoms with van der Waals surface area (Å²) in [6.07, 6.45) is 5.27. The van der Waals surface area contributed by atoms with Crippen LogP contribution in [-0.4, -0.2) is 64.7 Å². The van der Waals surface area contributed by atoms with Gasteiger partial charge >= 0.3 is 0 Å². The van der Waals surface area contributed by atoms with E-state index in [9.17, 15) is 9.90 Å². The van der Waals surface area contributed by atoms with E-state index < -0.39 is 0 Å². The molecule has 2 saturated carbocycles. The van der Waals surface area contributed by atoms with Gasteiger partial charge in [0.05, 0.1) is 28.6 Å². The fraction of sp³-hybridized carbons (Fsp3) is 0.594. The van der Waals surface area contributed by atoms with Gasteiger partial charge in [0.2, 0.25) is 5.91 Å². The van der Waals surface area contributed by atoms with Crippen LogP contribution in [0.3, 0.4) is 0 Å². The number of amides is 1. The van der Waals surface area contributed by atoms with Gasteiger partial charge < -0.3 is 14.7 Å². The molecule has 3 aliphatic carbocycles. The second-order valence-electron chi connectivity index (χ2n) is 13.1. The Kier molecular flexibility index (Phi) is 6.46. The number of carbonyl (C=O) groups excluding carboxylic acids is 1. The summed E-state index contributed by atoms with van der Waals surface area (Å²) < 4.78 is 6.94. The van der Waals surface area contributed by atoms with E-state index >= 15 is 0 Å². The Bertz CT molecular complexity index is 1300. The number of ether oxygens (including phenoxy) is 1. The van der Waals surface area contributed by atoms with Gasteiger partial charge in [0.15, 0.2) is 0 Å². The Morgan fingerprint density at radius 2 is 2.03 bits per heavy atom. The van der Waals surface area contributed by atoms with Crippen molar-refractivity contribution in [2.45, 2.75) is 82.1 Å². The van der Waals surface area contributed by atoms with Gasteiger partial charge in [-0.15, -0.1) is 0 Å². The number of carbonyl (C=O) groups is 1. The number of aliphatic hydroxyl groups excluding tert-OH is 1. The molecule has 0 radical (unpaired) electrons. The second kappa shape index (κ2) is 9.65. The molecule has 2 unspecified atom stereocenters. The predicted octanol–water partition coefficient (Wildman–Crippen LogP) is 5.51. The van der Waals surface area contributed by atoms with Crippen molar-refractivity contribution in [2.75, 3.05) is 19.6 Å². The van der Waals surface area contributed by atoms with Crippen LogP contribution in [0.4, 0.5) is 0 Å². The molecule has 1 saturated heterocycles. The fourth-order valence-corrected chi connectivity index (χ4v) is 8.91. The van der Waals surface area contributed by atoms with Crippen LogP contribution in [-0.2, 0) is 23.1 Å². The first-order valence-electron chi connectivity index (χ1n) is 14.7. The summed E-state index contributed by atoms with van der Waals surface area (Å²) in [5.74, 6) is 2.47. The molecule has 7 rings (SSSR count). The third kappa shape index (κ3) is 4.22. The Morgan fingerprint density at radius 3 is 2.77 bits per heavy atom. The summed E-state index contributed by atoms with van der Waals surface area (Å²) in [5.41, 5.74) is 3.71. The number of hydrogen-bond acceptors (Lipinski definition) is 4. The first kappa shape index (κ1) is 26.1. The summed E-state index contributed by atoms with van der Waals surface area (Å²) in [4.78, 5) is 18.8. The van der Waals surface area contributed by atoms with Gasteiger partial charge in [0.1, 0.15) is 11.9 Å². The van der Waals surface area contributed by atoms with E-state index in [0.717, 1.165) is 56.5 Å². The average molecular weight is 570 g/mol. The van der Waals surface area contributed by atoms with Crippen molar-refractivity contribution < 1.29 is 14.6 Å². The van der Waals surface area contributed by atoms with Crippen LogP contribution < -0.4 is 4.74 Å². The first-order chi connectivity index (χ1) is 18.8. The molecule has 2 aromatic carbocycles. The molecule has 2 aliphatic heterocycles. The average Bonchev–Trinajstić information content (AvgIpc) is 3.48. The lowest BCUT2D eigenvalue weighted by molar-refractivity contribution is -0.143. The highest BCUT2D eigenvalue weighted by atomic mass is 35.5. The highest BCUT2D eigenvalue weighted by Gasteiger charge is 2.66. The lowest BCUT2D eigenvalue weighted by Crippen LogP contribution is -2.69. The van der Waals surface area contributed by atoms with Crippen LogP contribution in [0.25, 0.3) is 0 Å². The van der Waals surface area contributed by atoms with Gasteiger partial charge in [0.25, 0.3) is 0 Å². The van der Waals surface area contributed by atoms with Crippen LogP contribution in [0, 0.1) is 17.8 Å². The Labute approximate surface area is 241 Å². The summed E-state index contributed by atoms with van der Waals surface area (Å²) in [7, 11) is 0. The molecule has 5 aliphatic rings. The maximum absolute atomic E-state index is 14.0. The van der Waals surface area contributed by atoms with E-state index in [1.807, 2.05) is 12.1 Å². The van der Waals surface area contributed by atoms with Crippen molar-refractivity contribution in [1.82, 2.24) is 9.80 Å². The quantitative estimate of drug-likeness (QED) is 0.478. The molecular weight excluding hydrogens is 531 g/mol. The lowest BCUT2D eigenvalue weighted by Gasteiger charge is -2.60. The number of aliphatic hydroxyl groups is 1. The van der Waals surface area contributed by atoms with Gasteiger partial charge in [-0.2, -0.15) is 0 Å². The van der Waals surface area contributed by atoms with E-state index in [-0.39, 0.29) is 29.6 Å². The predicted molar refractivity (Wildman–Crippen MR) is 154 cm³/mol. The molecule has 3 fully saturated rings. The van der Waals surface area contributed by atoms with E-state index in [2.05, 4.69) is 41.8 Å². The minimum absolute atomic E-state index is 0.0274. The zero-order valence-electron chi connectivity index (χ0n) is 22.8. The zero-order chi connectivity index (χ0) is 27.1. The van der Waals surface area contributed by atoms with Crippen molar-refractivity contribution in [3.8, 4) is 5.75 Å². The fourth-order valence-electron chi connectivity index (χ4n) is 8.59. The van der Waals surface area contributed by atoms with Gasteiger partial charge in [-0.1, -0.05) is 55.2 Å². The Hall–Kier alpha value is -1.79. The van der Waals surface area contributed by atoms with Gasteiger partial charge in [-0.05, 0) is 79.8 Å². The van der Waals surface area contributed by atoms with Crippen molar-refractivity contribution >= 4 is 29.1 Å². The topological polar surface area (TPSA) is 53.0 Å². The standard InChI is InChI=1S/C32H38Cl2N2O3/c1-18(2)16-36(29(38)13-19-6-8-23(33)24(34)12-19)25-9-7-22-26-14-20-4-3-5-28-30(20)32(22,31(25)39-28)10-11-35(26)17-21-15-27(21)37/h3-6,8,12,18,21-22,25-27,31,37H,7,9-11,13-17H2,1-2H3/t21?,22-,25-,26+,27?,31-,32-/m0/s1. The molecule has 7 atom stereocenters.